The number of anilines is 1. The highest BCUT2D eigenvalue weighted by atomic mass is 16.5. The lowest BCUT2D eigenvalue weighted by atomic mass is 9.97. The molecule has 10 nitrogen and oxygen atoms in total. The summed E-state index contributed by atoms with van der Waals surface area (Å²) in [4.78, 5) is 31.0. The van der Waals surface area contributed by atoms with E-state index in [-0.39, 0.29) is 11.8 Å². The van der Waals surface area contributed by atoms with E-state index in [1.54, 1.807) is 33.8 Å². The van der Waals surface area contributed by atoms with E-state index in [9.17, 15) is 19.8 Å². The Morgan fingerprint density at radius 1 is 0.923 bits per heavy atom. The maximum atomic E-state index is 13.7. The smallest absolute Gasteiger partial charge is 0.274 e. The summed E-state index contributed by atoms with van der Waals surface area (Å²) in [6.45, 7) is 7.73. The molecule has 1 aliphatic rings. The van der Waals surface area contributed by atoms with Crippen molar-refractivity contribution >= 4 is 28.3 Å². The second-order valence-electron chi connectivity index (χ2n) is 13.6. The highest BCUT2D eigenvalue weighted by Crippen LogP contribution is 2.34. The van der Waals surface area contributed by atoms with E-state index in [1.165, 1.54) is 7.11 Å². The van der Waals surface area contributed by atoms with Gasteiger partial charge in [-0.3, -0.25) is 9.59 Å². The average molecular weight is 704 g/mol. The van der Waals surface area contributed by atoms with Crippen LogP contribution >= 0.6 is 0 Å². The number of methoxy groups -OCH3 is 1. The van der Waals surface area contributed by atoms with E-state index >= 15 is 0 Å². The Labute approximate surface area is 305 Å². The molecule has 0 saturated heterocycles. The number of benzene rings is 4. The first-order valence-corrected chi connectivity index (χ1v) is 18.2. The normalized spacial score (nSPS) is 15.6. The number of aromatic nitrogens is 2. The number of unbranched alkanes of at least 4 members (excludes halogenated alkanes) is 2. The molecule has 0 bridgehead atoms. The van der Waals surface area contributed by atoms with Gasteiger partial charge in [0.25, 0.3) is 11.8 Å². The summed E-state index contributed by atoms with van der Waals surface area (Å²) in [7, 11) is 1.50. The number of carbonyl (C=O) groups is 2. The summed E-state index contributed by atoms with van der Waals surface area (Å²) in [5.74, 6) is -0.502. The SMILES string of the molecule is CCCCN(CCCC)C(=O)c1cc(C)n(-c2ccc(NC(=O)C(OC)c3ccc4ccccc4c3)cc2C(O)N2Cc3ccccc3CC2O)n1. The van der Waals surface area contributed by atoms with E-state index in [0.29, 0.717) is 59.9 Å². The Kier molecular flexibility index (Phi) is 11.8. The topological polar surface area (TPSA) is 120 Å². The molecule has 272 valence electrons. The van der Waals surface area contributed by atoms with E-state index in [1.807, 2.05) is 78.6 Å². The van der Waals surface area contributed by atoms with Gasteiger partial charge >= 0.3 is 0 Å². The van der Waals surface area contributed by atoms with Gasteiger partial charge in [0.05, 0.1) is 5.69 Å². The number of hydrogen-bond donors (Lipinski definition) is 3. The highest BCUT2D eigenvalue weighted by molar-refractivity contribution is 5.96. The van der Waals surface area contributed by atoms with Crippen molar-refractivity contribution in [2.24, 2.45) is 0 Å². The molecule has 52 heavy (non-hydrogen) atoms. The summed E-state index contributed by atoms with van der Waals surface area (Å²) in [5.41, 5.74) is 5.16. The Morgan fingerprint density at radius 3 is 2.33 bits per heavy atom. The third kappa shape index (κ3) is 7.95. The van der Waals surface area contributed by atoms with Crippen LogP contribution in [-0.2, 0) is 22.5 Å². The number of aliphatic hydroxyl groups is 2. The zero-order valence-electron chi connectivity index (χ0n) is 30.5. The first kappa shape index (κ1) is 36.9. The third-order valence-corrected chi connectivity index (χ3v) is 9.88. The van der Waals surface area contributed by atoms with Crippen molar-refractivity contribution in [2.45, 2.75) is 78.0 Å². The van der Waals surface area contributed by atoms with Gasteiger partial charge in [-0.05, 0) is 77.6 Å². The number of rotatable bonds is 14. The molecule has 0 spiro atoms. The van der Waals surface area contributed by atoms with Crippen molar-refractivity contribution < 1.29 is 24.5 Å². The molecule has 2 amide bonds. The molecule has 2 heterocycles. The molecule has 1 aliphatic heterocycles. The lowest BCUT2D eigenvalue weighted by Gasteiger charge is -2.37. The van der Waals surface area contributed by atoms with E-state index in [4.69, 9.17) is 9.84 Å². The van der Waals surface area contributed by atoms with Crippen LogP contribution in [0.15, 0.2) is 91.0 Å². The summed E-state index contributed by atoms with van der Waals surface area (Å²) in [6, 6.07) is 28.6. The minimum Gasteiger partial charge on any atom is -0.378 e. The van der Waals surface area contributed by atoms with Gasteiger partial charge in [0.1, 0.15) is 12.5 Å². The fraction of sp³-hybridized carbons (Fsp3) is 0.357. The van der Waals surface area contributed by atoms with E-state index in [0.717, 1.165) is 47.6 Å². The molecule has 3 unspecified atom stereocenters. The zero-order chi connectivity index (χ0) is 36.8. The largest absolute Gasteiger partial charge is 0.378 e. The van der Waals surface area contributed by atoms with Crippen molar-refractivity contribution in [3.8, 4) is 5.69 Å². The van der Waals surface area contributed by atoms with Crippen LogP contribution in [0.5, 0.6) is 0 Å². The van der Waals surface area contributed by atoms with Crippen molar-refractivity contribution in [1.29, 1.82) is 0 Å². The number of amides is 2. The standard InChI is InChI=1S/C42H49N5O5/c1-5-7-21-45(22-8-6-2)42(51)36-23-28(3)47(44-36)37-20-19-34(26-35(37)41(50)46-27-33-16-12-11-15-31(33)25-38(46)48)43-40(49)39(52-4)32-18-17-29-13-9-10-14-30(29)24-32/h9-20,23-24,26,38-39,41,48,50H,5-8,21-22,25,27H2,1-4H3,(H,43,49). The molecule has 0 aliphatic carbocycles. The molecule has 3 N–H and O–H groups in total. The predicted molar refractivity (Wildman–Crippen MR) is 203 cm³/mol. The zero-order valence-corrected chi connectivity index (χ0v) is 30.5. The number of nitrogens with zero attached hydrogens (tertiary/aromatic N) is 4. The molecular weight excluding hydrogens is 654 g/mol. The monoisotopic (exact) mass is 703 g/mol. The second kappa shape index (κ2) is 16.6. The van der Waals surface area contributed by atoms with Crippen LogP contribution < -0.4 is 5.32 Å². The van der Waals surface area contributed by atoms with Crippen LogP contribution in [0.4, 0.5) is 5.69 Å². The molecule has 0 saturated carbocycles. The van der Waals surface area contributed by atoms with Gasteiger partial charge in [-0.1, -0.05) is 87.4 Å². The van der Waals surface area contributed by atoms with Crippen LogP contribution in [0.25, 0.3) is 16.5 Å². The van der Waals surface area contributed by atoms with Gasteiger partial charge in [-0.2, -0.15) is 5.10 Å². The lowest BCUT2D eigenvalue weighted by Crippen LogP contribution is -2.42. The molecule has 6 rings (SSSR count). The minimum atomic E-state index is -1.28. The quantitative estimate of drug-likeness (QED) is 0.113. The summed E-state index contributed by atoms with van der Waals surface area (Å²) >= 11 is 0. The van der Waals surface area contributed by atoms with Crippen LogP contribution in [0, 0.1) is 6.92 Å². The van der Waals surface area contributed by atoms with E-state index < -0.39 is 18.6 Å². The number of nitrogens with one attached hydrogen (secondary N) is 1. The Hall–Kier alpha value is -4.87. The number of carbonyl (C=O) groups excluding carboxylic acids is 2. The van der Waals surface area contributed by atoms with Crippen molar-refractivity contribution in [2.75, 3.05) is 25.5 Å². The second-order valence-corrected chi connectivity index (χ2v) is 13.6. The van der Waals surface area contributed by atoms with Crippen molar-refractivity contribution in [1.82, 2.24) is 19.6 Å². The number of ether oxygens (including phenoxy) is 1. The van der Waals surface area contributed by atoms with Crippen molar-refractivity contribution in [3.05, 3.63) is 125 Å². The van der Waals surface area contributed by atoms with Gasteiger partial charge < -0.3 is 25.2 Å². The molecular formula is C42H49N5O5. The summed E-state index contributed by atoms with van der Waals surface area (Å²) in [5, 5.41) is 33.2. The van der Waals surface area contributed by atoms with Gasteiger partial charge in [-0.15, -0.1) is 0 Å². The fourth-order valence-corrected chi connectivity index (χ4v) is 6.96. The van der Waals surface area contributed by atoms with Gasteiger partial charge in [0.15, 0.2) is 11.8 Å². The molecule has 10 heteroatoms. The number of hydrogen-bond acceptors (Lipinski definition) is 7. The molecule has 5 aromatic rings. The maximum Gasteiger partial charge on any atom is 0.274 e. The highest BCUT2D eigenvalue weighted by Gasteiger charge is 2.33. The maximum absolute atomic E-state index is 13.7. The summed E-state index contributed by atoms with van der Waals surface area (Å²) < 4.78 is 7.35. The van der Waals surface area contributed by atoms with Crippen LogP contribution in [-0.4, -0.2) is 68.0 Å². The van der Waals surface area contributed by atoms with Crippen LogP contribution in [0.2, 0.25) is 0 Å². The van der Waals surface area contributed by atoms with Gasteiger partial charge in [-0.25, -0.2) is 9.58 Å². The predicted octanol–water partition coefficient (Wildman–Crippen LogP) is 7.07. The minimum absolute atomic E-state index is 0.128. The Balaban J connectivity index is 1.35. The van der Waals surface area contributed by atoms with Gasteiger partial charge in [0, 0.05) is 50.1 Å². The number of aryl methyl sites for hydroxylation is 1. The summed E-state index contributed by atoms with van der Waals surface area (Å²) in [6.07, 6.45) is 1.01. The molecule has 1 aromatic heterocycles. The Morgan fingerprint density at radius 2 is 1.62 bits per heavy atom. The molecule has 0 fully saturated rings. The van der Waals surface area contributed by atoms with Crippen LogP contribution in [0.3, 0.4) is 0 Å². The molecule has 4 aromatic carbocycles. The van der Waals surface area contributed by atoms with Crippen LogP contribution in [0.1, 0.15) is 90.3 Å². The molecule has 3 atom stereocenters. The molecule has 0 radical (unpaired) electrons. The number of fused-ring (bicyclic) bond motifs is 2. The third-order valence-electron chi connectivity index (χ3n) is 9.88. The lowest BCUT2D eigenvalue weighted by molar-refractivity contribution is -0.126. The number of aliphatic hydroxyl groups excluding tert-OH is 2. The Bertz CT molecular complexity index is 2020. The van der Waals surface area contributed by atoms with Crippen molar-refractivity contribution in [3.63, 3.8) is 0 Å². The fourth-order valence-electron chi connectivity index (χ4n) is 6.96. The average Bonchev–Trinajstić information content (AvgIpc) is 3.55. The first-order chi connectivity index (χ1) is 25.2. The van der Waals surface area contributed by atoms with Gasteiger partial charge in [0.2, 0.25) is 0 Å². The first-order valence-electron chi connectivity index (χ1n) is 18.2. The van der Waals surface area contributed by atoms with E-state index in [2.05, 4.69) is 19.2 Å².